The molecule has 2 aliphatic rings. The third-order valence-corrected chi connectivity index (χ3v) is 7.81. The summed E-state index contributed by atoms with van der Waals surface area (Å²) in [6, 6.07) is 4.08. The zero-order valence-electron chi connectivity index (χ0n) is 15.6. The fraction of sp³-hybridized carbons (Fsp3) is 0.471. The minimum Gasteiger partial charge on any atom is -0.379 e. The molecule has 0 radical (unpaired) electrons. The Morgan fingerprint density at radius 3 is 2.38 bits per heavy atom. The van der Waals surface area contributed by atoms with Gasteiger partial charge in [0.05, 0.1) is 23.8 Å². The van der Waals surface area contributed by atoms with Crippen molar-refractivity contribution < 1.29 is 18.1 Å². The highest BCUT2D eigenvalue weighted by atomic mass is 32.2. The molecule has 2 fully saturated rings. The first kappa shape index (κ1) is 20.0. The third kappa shape index (κ3) is 4.06. The first-order chi connectivity index (χ1) is 14.0. The van der Waals surface area contributed by atoms with E-state index in [1.54, 1.807) is 23.6 Å². The number of nitro groups is 1. The maximum Gasteiger partial charge on any atom is 0.270 e. The SMILES string of the molecule is O=[N+]([O-])c1ccc(N2CCN(c3nccs3)CC2)c(S(=O)(=O)N2CCOCC2)c1. The van der Waals surface area contributed by atoms with Crippen LogP contribution in [0.15, 0.2) is 34.7 Å². The average molecular weight is 440 g/mol. The molecule has 2 aliphatic heterocycles. The van der Waals surface area contributed by atoms with Crippen molar-refractivity contribution in [1.82, 2.24) is 9.29 Å². The van der Waals surface area contributed by atoms with Crippen LogP contribution >= 0.6 is 11.3 Å². The van der Waals surface area contributed by atoms with Crippen LogP contribution < -0.4 is 9.80 Å². The van der Waals surface area contributed by atoms with Crippen molar-refractivity contribution in [2.24, 2.45) is 0 Å². The van der Waals surface area contributed by atoms with E-state index in [1.165, 1.54) is 16.4 Å². The molecule has 0 saturated carbocycles. The molecule has 0 amide bonds. The van der Waals surface area contributed by atoms with E-state index in [2.05, 4.69) is 9.88 Å². The van der Waals surface area contributed by atoms with Crippen LogP contribution in [-0.4, -0.2) is 75.1 Å². The minimum atomic E-state index is -3.87. The summed E-state index contributed by atoms with van der Waals surface area (Å²) in [6.07, 6.45) is 1.76. The van der Waals surface area contributed by atoms with Gasteiger partial charge in [-0.25, -0.2) is 13.4 Å². The summed E-state index contributed by atoms with van der Waals surface area (Å²) in [7, 11) is -3.87. The summed E-state index contributed by atoms with van der Waals surface area (Å²) < 4.78 is 33.1. The second kappa shape index (κ2) is 8.22. The number of hydrogen-bond acceptors (Lipinski definition) is 9. The normalized spacial score (nSPS) is 18.8. The number of morpholine rings is 1. The van der Waals surface area contributed by atoms with Crippen LogP contribution in [0.25, 0.3) is 0 Å². The van der Waals surface area contributed by atoms with Crippen LogP contribution in [0.3, 0.4) is 0 Å². The van der Waals surface area contributed by atoms with Gasteiger partial charge in [-0.2, -0.15) is 4.31 Å². The highest BCUT2D eigenvalue weighted by molar-refractivity contribution is 7.89. The van der Waals surface area contributed by atoms with Crippen molar-refractivity contribution in [3.8, 4) is 0 Å². The molecule has 0 unspecified atom stereocenters. The molecule has 0 atom stereocenters. The summed E-state index contributed by atoms with van der Waals surface area (Å²) in [6.45, 7) is 3.70. The minimum absolute atomic E-state index is 0.0173. The molecule has 0 aliphatic carbocycles. The monoisotopic (exact) mass is 439 g/mol. The van der Waals surface area contributed by atoms with Gasteiger partial charge in [-0.1, -0.05) is 0 Å². The molecule has 12 heteroatoms. The van der Waals surface area contributed by atoms with E-state index < -0.39 is 14.9 Å². The van der Waals surface area contributed by atoms with Gasteiger partial charge in [-0.3, -0.25) is 10.1 Å². The Balaban J connectivity index is 1.64. The maximum absolute atomic E-state index is 13.3. The van der Waals surface area contributed by atoms with E-state index in [0.717, 1.165) is 5.13 Å². The van der Waals surface area contributed by atoms with Crippen LogP contribution in [-0.2, 0) is 14.8 Å². The molecule has 156 valence electrons. The quantitative estimate of drug-likeness (QED) is 0.508. The highest BCUT2D eigenvalue weighted by Gasteiger charge is 2.32. The fourth-order valence-electron chi connectivity index (χ4n) is 3.52. The van der Waals surface area contributed by atoms with Crippen molar-refractivity contribution in [3.63, 3.8) is 0 Å². The van der Waals surface area contributed by atoms with Gasteiger partial charge in [-0.05, 0) is 6.07 Å². The Kier molecular flexibility index (Phi) is 5.67. The van der Waals surface area contributed by atoms with Crippen molar-refractivity contribution in [2.75, 3.05) is 62.3 Å². The highest BCUT2D eigenvalue weighted by Crippen LogP contribution is 2.33. The lowest BCUT2D eigenvalue weighted by molar-refractivity contribution is -0.385. The zero-order valence-corrected chi connectivity index (χ0v) is 17.3. The molecule has 3 heterocycles. The van der Waals surface area contributed by atoms with Crippen molar-refractivity contribution >= 4 is 37.9 Å². The molecule has 2 saturated heterocycles. The van der Waals surface area contributed by atoms with Gasteiger partial charge in [0.15, 0.2) is 5.13 Å². The van der Waals surface area contributed by atoms with E-state index in [4.69, 9.17) is 4.74 Å². The van der Waals surface area contributed by atoms with E-state index in [9.17, 15) is 18.5 Å². The van der Waals surface area contributed by atoms with E-state index in [0.29, 0.717) is 45.1 Å². The molecule has 1 aromatic heterocycles. The van der Waals surface area contributed by atoms with E-state index in [1.807, 2.05) is 10.3 Å². The van der Waals surface area contributed by atoms with E-state index >= 15 is 0 Å². The smallest absolute Gasteiger partial charge is 0.270 e. The number of sulfonamides is 1. The number of aromatic nitrogens is 1. The van der Waals surface area contributed by atoms with Gasteiger partial charge >= 0.3 is 0 Å². The Bertz CT molecular complexity index is 968. The molecule has 1 aromatic carbocycles. The number of benzene rings is 1. The largest absolute Gasteiger partial charge is 0.379 e. The number of ether oxygens (including phenoxy) is 1. The Hall–Kier alpha value is -2.28. The second-order valence-corrected chi connectivity index (χ2v) is 9.49. The summed E-state index contributed by atoms with van der Waals surface area (Å²) in [4.78, 5) is 19.1. The molecular weight excluding hydrogens is 418 g/mol. The van der Waals surface area contributed by atoms with Crippen LogP contribution in [0.2, 0.25) is 0 Å². The molecule has 0 bridgehead atoms. The second-order valence-electron chi connectivity index (χ2n) is 6.71. The Morgan fingerprint density at radius 2 is 1.76 bits per heavy atom. The van der Waals surface area contributed by atoms with E-state index in [-0.39, 0.29) is 23.7 Å². The van der Waals surface area contributed by atoms with Crippen LogP contribution in [0.5, 0.6) is 0 Å². The summed E-state index contributed by atoms with van der Waals surface area (Å²) >= 11 is 1.56. The molecule has 0 spiro atoms. The maximum atomic E-state index is 13.3. The number of non-ortho nitro benzene ring substituents is 1. The number of nitrogens with zero attached hydrogens (tertiary/aromatic N) is 5. The van der Waals surface area contributed by atoms with Crippen LogP contribution in [0, 0.1) is 10.1 Å². The van der Waals surface area contributed by atoms with Gasteiger partial charge in [0.25, 0.3) is 5.69 Å². The fourth-order valence-corrected chi connectivity index (χ4v) is 5.86. The number of nitro benzene ring substituents is 1. The summed E-state index contributed by atoms with van der Waals surface area (Å²) in [5, 5.41) is 14.1. The standard InChI is InChI=1S/C17H21N5O5S2/c23-22(24)14-1-2-15(16(13-14)29(25,26)21-8-10-27-11-9-21)19-4-6-20(7-5-19)17-18-3-12-28-17/h1-3,12-13H,4-11H2. The molecule has 4 rings (SSSR count). The lowest BCUT2D eigenvalue weighted by Gasteiger charge is -2.37. The van der Waals surface area contributed by atoms with Crippen molar-refractivity contribution in [1.29, 1.82) is 0 Å². The average Bonchev–Trinajstić information content (AvgIpc) is 3.29. The predicted octanol–water partition coefficient (Wildman–Crippen LogP) is 1.40. The summed E-state index contributed by atoms with van der Waals surface area (Å²) in [5.74, 6) is 0. The first-order valence-corrected chi connectivity index (χ1v) is 11.5. The number of piperazine rings is 1. The molecule has 2 aromatic rings. The van der Waals surface area contributed by atoms with Gasteiger partial charge in [0.1, 0.15) is 4.90 Å². The molecular formula is C17H21N5O5S2. The Labute approximate surface area is 172 Å². The number of thiazole rings is 1. The first-order valence-electron chi connectivity index (χ1n) is 9.22. The van der Waals surface area contributed by atoms with Crippen molar-refractivity contribution in [2.45, 2.75) is 4.90 Å². The molecule has 10 nitrogen and oxygen atoms in total. The van der Waals surface area contributed by atoms with Gasteiger partial charge < -0.3 is 14.5 Å². The lowest BCUT2D eigenvalue weighted by atomic mass is 10.2. The number of hydrogen-bond donors (Lipinski definition) is 0. The van der Waals surface area contributed by atoms with Gasteiger partial charge in [0.2, 0.25) is 10.0 Å². The summed E-state index contributed by atoms with van der Waals surface area (Å²) in [5.41, 5.74) is 0.267. The third-order valence-electron chi connectivity index (χ3n) is 5.05. The molecule has 0 N–H and O–H groups in total. The van der Waals surface area contributed by atoms with Crippen LogP contribution in [0.1, 0.15) is 0 Å². The van der Waals surface area contributed by atoms with Crippen molar-refractivity contribution in [3.05, 3.63) is 39.9 Å². The van der Waals surface area contributed by atoms with Gasteiger partial charge in [-0.15, -0.1) is 11.3 Å². The Morgan fingerprint density at radius 1 is 1.07 bits per heavy atom. The zero-order chi connectivity index (χ0) is 20.4. The number of rotatable bonds is 5. The van der Waals surface area contributed by atoms with Gasteiger partial charge in [0, 0.05) is 63.0 Å². The predicted molar refractivity (Wildman–Crippen MR) is 109 cm³/mol. The topological polar surface area (TPSA) is 109 Å². The lowest BCUT2D eigenvalue weighted by Crippen LogP contribution is -2.47. The number of anilines is 2. The molecule has 29 heavy (non-hydrogen) atoms. The van der Waals surface area contributed by atoms with Crippen LogP contribution in [0.4, 0.5) is 16.5 Å².